The molecular weight excluding hydrogens is 260 g/mol. The highest BCUT2D eigenvalue weighted by atomic mass is 32.1. The van der Waals surface area contributed by atoms with Gasteiger partial charge in [-0.05, 0) is 30.5 Å². The largest absolute Gasteiger partial charge is 0.384 e. The molecule has 0 aliphatic carbocycles. The number of thiophene rings is 1. The molecule has 0 bridgehead atoms. The van der Waals surface area contributed by atoms with Crippen molar-refractivity contribution in [1.82, 2.24) is 4.98 Å². The van der Waals surface area contributed by atoms with Crippen molar-refractivity contribution in [2.75, 3.05) is 11.9 Å². The molecule has 2 N–H and O–H groups in total. The molecule has 0 fully saturated rings. The molecule has 0 atom stereocenters. The van der Waals surface area contributed by atoms with Crippen molar-refractivity contribution in [3.05, 3.63) is 45.9 Å². The summed E-state index contributed by atoms with van der Waals surface area (Å²) in [5.74, 6) is 5.09. The third-order valence-corrected chi connectivity index (χ3v) is 3.24. The summed E-state index contributed by atoms with van der Waals surface area (Å²) in [6.07, 6.45) is 1.64. The summed E-state index contributed by atoms with van der Waals surface area (Å²) in [5, 5.41) is 13.3. The van der Waals surface area contributed by atoms with Crippen LogP contribution in [0.5, 0.6) is 0 Å². The van der Waals surface area contributed by atoms with E-state index in [0.29, 0.717) is 16.1 Å². The fourth-order valence-electron chi connectivity index (χ4n) is 1.53. The molecule has 1 amide bonds. The molecule has 2 aromatic heterocycles. The number of hydrogen-bond donors (Lipinski definition) is 2. The Bertz CT molecular complexity index is 653. The van der Waals surface area contributed by atoms with Gasteiger partial charge in [-0.2, -0.15) is 0 Å². The number of nitrogens with zero attached hydrogens (tertiary/aromatic N) is 1. The first-order valence-electron chi connectivity index (χ1n) is 5.62. The average molecular weight is 272 g/mol. The molecule has 2 aromatic rings. The lowest BCUT2D eigenvalue weighted by atomic mass is 10.2. The summed E-state index contributed by atoms with van der Waals surface area (Å²) in [6, 6.07) is 5.29. The lowest BCUT2D eigenvalue weighted by Gasteiger charge is -2.04. The van der Waals surface area contributed by atoms with Crippen LogP contribution in [0.4, 0.5) is 5.69 Å². The van der Waals surface area contributed by atoms with Crippen LogP contribution in [0.1, 0.15) is 20.9 Å². The molecule has 19 heavy (non-hydrogen) atoms. The molecule has 0 saturated heterocycles. The van der Waals surface area contributed by atoms with E-state index in [0.717, 1.165) is 5.69 Å². The van der Waals surface area contributed by atoms with Gasteiger partial charge in [-0.15, -0.1) is 11.3 Å². The molecule has 0 aliphatic heterocycles. The average Bonchev–Trinajstić information content (AvgIpc) is 2.84. The zero-order valence-electron chi connectivity index (χ0n) is 10.3. The highest BCUT2D eigenvalue weighted by Crippen LogP contribution is 2.18. The molecule has 2 heterocycles. The van der Waals surface area contributed by atoms with Crippen LogP contribution in [0.2, 0.25) is 0 Å². The molecule has 0 spiro atoms. The van der Waals surface area contributed by atoms with E-state index < -0.39 is 0 Å². The number of rotatable bonds is 2. The van der Waals surface area contributed by atoms with Crippen molar-refractivity contribution in [2.45, 2.75) is 6.92 Å². The van der Waals surface area contributed by atoms with Crippen molar-refractivity contribution in [3.8, 4) is 11.8 Å². The third kappa shape index (κ3) is 3.41. The maximum Gasteiger partial charge on any atom is 0.267 e. The molecule has 0 aliphatic rings. The van der Waals surface area contributed by atoms with Crippen LogP contribution >= 0.6 is 11.3 Å². The zero-order chi connectivity index (χ0) is 13.7. The molecule has 96 valence electrons. The second kappa shape index (κ2) is 6.14. The van der Waals surface area contributed by atoms with Gasteiger partial charge in [0.25, 0.3) is 5.91 Å². The number of carbonyl (C=O) groups is 1. The van der Waals surface area contributed by atoms with Gasteiger partial charge in [-0.3, -0.25) is 9.78 Å². The summed E-state index contributed by atoms with van der Waals surface area (Å²) in [5.41, 5.74) is 2.17. The van der Waals surface area contributed by atoms with Crippen LogP contribution in [0, 0.1) is 18.8 Å². The number of hydrogen-bond acceptors (Lipinski definition) is 4. The van der Waals surface area contributed by atoms with Gasteiger partial charge >= 0.3 is 0 Å². The van der Waals surface area contributed by atoms with Gasteiger partial charge in [-0.1, -0.05) is 11.8 Å². The van der Waals surface area contributed by atoms with Gasteiger partial charge in [0.15, 0.2) is 0 Å². The number of pyridine rings is 1. The second-order valence-corrected chi connectivity index (χ2v) is 4.68. The highest BCUT2D eigenvalue weighted by Gasteiger charge is 2.12. The lowest BCUT2D eigenvalue weighted by molar-refractivity contribution is 0.103. The second-order valence-electron chi connectivity index (χ2n) is 3.76. The molecule has 2 rings (SSSR count). The van der Waals surface area contributed by atoms with Gasteiger partial charge < -0.3 is 10.4 Å². The minimum atomic E-state index is -0.222. The van der Waals surface area contributed by atoms with Crippen LogP contribution in [-0.2, 0) is 0 Å². The predicted octanol–water partition coefficient (Wildman–Crippen LogP) is 2.05. The third-order valence-electron chi connectivity index (χ3n) is 2.33. The quantitative estimate of drug-likeness (QED) is 0.822. The standard InChI is InChI=1S/C14H12N2O2S/c1-10-9-12(4-6-15-10)16-14(18)13-11(3-2-7-17)5-8-19-13/h4-6,8-9,17H,7H2,1H3,(H,15,16,18). The van der Waals surface area contributed by atoms with Crippen molar-refractivity contribution in [3.63, 3.8) is 0 Å². The number of aryl methyl sites for hydroxylation is 1. The van der Waals surface area contributed by atoms with Crippen LogP contribution in [0.15, 0.2) is 29.8 Å². The summed E-state index contributed by atoms with van der Waals surface area (Å²) in [6.45, 7) is 1.64. The maximum absolute atomic E-state index is 12.1. The predicted molar refractivity (Wildman–Crippen MR) is 75.2 cm³/mol. The number of aliphatic hydroxyl groups excluding tert-OH is 1. The molecule has 4 nitrogen and oxygen atoms in total. The number of amides is 1. The Hall–Kier alpha value is -2.16. The van der Waals surface area contributed by atoms with Crippen molar-refractivity contribution in [2.24, 2.45) is 0 Å². The smallest absolute Gasteiger partial charge is 0.267 e. The van der Waals surface area contributed by atoms with Crippen LogP contribution < -0.4 is 5.32 Å². The van der Waals surface area contributed by atoms with E-state index in [1.54, 1.807) is 29.8 Å². The van der Waals surface area contributed by atoms with E-state index in [1.807, 2.05) is 6.92 Å². The number of anilines is 1. The first kappa shape index (κ1) is 13.3. The van der Waals surface area contributed by atoms with Crippen LogP contribution in [-0.4, -0.2) is 22.6 Å². The summed E-state index contributed by atoms with van der Waals surface area (Å²) < 4.78 is 0. The van der Waals surface area contributed by atoms with Gasteiger partial charge in [0.2, 0.25) is 0 Å². The number of carbonyl (C=O) groups excluding carboxylic acids is 1. The Morgan fingerprint density at radius 1 is 1.53 bits per heavy atom. The Balaban J connectivity index is 2.19. The summed E-state index contributed by atoms with van der Waals surface area (Å²) >= 11 is 1.32. The normalized spacial score (nSPS) is 9.58. The SMILES string of the molecule is Cc1cc(NC(=O)c2sccc2C#CCO)ccn1. The van der Waals surface area contributed by atoms with E-state index in [9.17, 15) is 4.79 Å². The van der Waals surface area contributed by atoms with Crippen molar-refractivity contribution < 1.29 is 9.90 Å². The molecule has 0 saturated carbocycles. The summed E-state index contributed by atoms with van der Waals surface area (Å²) in [4.78, 5) is 16.7. The van der Waals surface area contributed by atoms with Gasteiger partial charge in [-0.25, -0.2) is 0 Å². The fourth-order valence-corrected chi connectivity index (χ4v) is 2.27. The highest BCUT2D eigenvalue weighted by molar-refractivity contribution is 7.12. The van der Waals surface area contributed by atoms with Gasteiger partial charge in [0, 0.05) is 23.1 Å². The Morgan fingerprint density at radius 2 is 2.37 bits per heavy atom. The Labute approximate surface area is 115 Å². The van der Waals surface area contributed by atoms with E-state index in [-0.39, 0.29) is 12.5 Å². The Kier molecular flexibility index (Phi) is 4.29. The maximum atomic E-state index is 12.1. The number of aliphatic hydroxyl groups is 1. The van der Waals surface area contributed by atoms with Crippen LogP contribution in [0.3, 0.4) is 0 Å². The van der Waals surface area contributed by atoms with E-state index in [1.165, 1.54) is 11.3 Å². The first-order chi connectivity index (χ1) is 9.20. The minimum absolute atomic E-state index is 0.206. The first-order valence-corrected chi connectivity index (χ1v) is 6.50. The van der Waals surface area contributed by atoms with Crippen molar-refractivity contribution in [1.29, 1.82) is 0 Å². The molecular formula is C14H12N2O2S. The van der Waals surface area contributed by atoms with Crippen molar-refractivity contribution >= 4 is 22.9 Å². The topological polar surface area (TPSA) is 62.2 Å². The fraction of sp³-hybridized carbons (Fsp3) is 0.143. The number of aromatic nitrogens is 1. The molecule has 0 radical (unpaired) electrons. The summed E-state index contributed by atoms with van der Waals surface area (Å²) in [7, 11) is 0. The molecule has 0 aromatic carbocycles. The van der Waals surface area contributed by atoms with E-state index in [4.69, 9.17) is 5.11 Å². The minimum Gasteiger partial charge on any atom is -0.384 e. The monoisotopic (exact) mass is 272 g/mol. The van der Waals surface area contributed by atoms with Gasteiger partial charge in [0.1, 0.15) is 11.5 Å². The number of nitrogens with one attached hydrogen (secondary N) is 1. The van der Waals surface area contributed by atoms with E-state index in [2.05, 4.69) is 22.1 Å². The molecule has 0 unspecified atom stereocenters. The van der Waals surface area contributed by atoms with E-state index >= 15 is 0 Å². The Morgan fingerprint density at radius 3 is 3.11 bits per heavy atom. The van der Waals surface area contributed by atoms with Crippen LogP contribution in [0.25, 0.3) is 0 Å². The molecule has 5 heteroatoms. The lowest BCUT2D eigenvalue weighted by Crippen LogP contribution is -2.11. The van der Waals surface area contributed by atoms with Gasteiger partial charge in [0.05, 0.1) is 0 Å². The zero-order valence-corrected chi connectivity index (χ0v) is 11.1.